The van der Waals surface area contributed by atoms with Gasteiger partial charge in [-0.2, -0.15) is 0 Å². The standard InChI is InChI=1S/C12H9IN2O5S/c13-8-2-1-3-9(6-8)14-21(19,20)10-4-5-12(16)11(7-10)15(17)18/h1-7,14,16H. The summed E-state index contributed by atoms with van der Waals surface area (Å²) >= 11 is 2.03. The molecule has 21 heavy (non-hydrogen) atoms. The van der Waals surface area contributed by atoms with Crippen molar-refractivity contribution in [3.8, 4) is 5.75 Å². The lowest BCUT2D eigenvalue weighted by molar-refractivity contribution is -0.386. The number of benzene rings is 2. The van der Waals surface area contributed by atoms with Gasteiger partial charge in [0.15, 0.2) is 5.75 Å². The third-order valence-electron chi connectivity index (χ3n) is 2.53. The number of hydrogen-bond acceptors (Lipinski definition) is 5. The van der Waals surface area contributed by atoms with Crippen molar-refractivity contribution in [1.29, 1.82) is 0 Å². The van der Waals surface area contributed by atoms with Gasteiger partial charge >= 0.3 is 5.69 Å². The highest BCUT2D eigenvalue weighted by Gasteiger charge is 2.21. The highest BCUT2D eigenvalue weighted by molar-refractivity contribution is 14.1. The monoisotopic (exact) mass is 420 g/mol. The van der Waals surface area contributed by atoms with Gasteiger partial charge in [0.1, 0.15) is 0 Å². The largest absolute Gasteiger partial charge is 0.502 e. The number of phenolic OH excluding ortho intramolecular Hbond substituents is 1. The fourth-order valence-corrected chi connectivity index (χ4v) is 3.19. The van der Waals surface area contributed by atoms with Crippen LogP contribution in [0.2, 0.25) is 0 Å². The zero-order valence-corrected chi connectivity index (χ0v) is 13.3. The Morgan fingerprint density at radius 2 is 1.90 bits per heavy atom. The third-order valence-corrected chi connectivity index (χ3v) is 4.58. The van der Waals surface area contributed by atoms with Crippen LogP contribution >= 0.6 is 22.6 Å². The van der Waals surface area contributed by atoms with Gasteiger partial charge < -0.3 is 5.11 Å². The zero-order chi connectivity index (χ0) is 15.6. The summed E-state index contributed by atoms with van der Waals surface area (Å²) in [5.41, 5.74) is -0.321. The van der Waals surface area contributed by atoms with Crippen LogP contribution in [0.3, 0.4) is 0 Å². The fourth-order valence-electron chi connectivity index (χ4n) is 1.58. The van der Waals surface area contributed by atoms with E-state index in [2.05, 4.69) is 4.72 Å². The molecular weight excluding hydrogens is 411 g/mol. The van der Waals surface area contributed by atoms with Gasteiger partial charge in [0.25, 0.3) is 10.0 Å². The summed E-state index contributed by atoms with van der Waals surface area (Å²) in [6.45, 7) is 0. The van der Waals surface area contributed by atoms with Gasteiger partial charge in [0.05, 0.1) is 9.82 Å². The molecule has 0 aliphatic rings. The van der Waals surface area contributed by atoms with Crippen LogP contribution in [0.15, 0.2) is 47.4 Å². The smallest absolute Gasteiger partial charge is 0.312 e. The first kappa shape index (κ1) is 15.5. The summed E-state index contributed by atoms with van der Waals surface area (Å²) in [5, 5.41) is 20.1. The van der Waals surface area contributed by atoms with E-state index in [0.717, 1.165) is 21.8 Å². The summed E-state index contributed by atoms with van der Waals surface area (Å²) in [4.78, 5) is 9.59. The lowest BCUT2D eigenvalue weighted by Gasteiger charge is -2.08. The number of nitrogens with one attached hydrogen (secondary N) is 1. The maximum absolute atomic E-state index is 12.2. The van der Waals surface area contributed by atoms with E-state index in [1.54, 1.807) is 24.3 Å². The molecule has 0 aliphatic carbocycles. The van der Waals surface area contributed by atoms with Crippen molar-refractivity contribution in [3.63, 3.8) is 0 Å². The first-order chi connectivity index (χ1) is 9.79. The molecule has 0 fully saturated rings. The van der Waals surface area contributed by atoms with Gasteiger partial charge in [-0.05, 0) is 52.9 Å². The van der Waals surface area contributed by atoms with E-state index in [1.165, 1.54) is 0 Å². The van der Waals surface area contributed by atoms with Crippen molar-refractivity contribution in [2.75, 3.05) is 4.72 Å². The molecule has 0 aliphatic heterocycles. The van der Waals surface area contributed by atoms with Crippen molar-refractivity contribution in [1.82, 2.24) is 0 Å². The van der Waals surface area contributed by atoms with E-state index in [0.29, 0.717) is 5.69 Å². The van der Waals surface area contributed by atoms with Gasteiger partial charge in [0, 0.05) is 15.3 Å². The van der Waals surface area contributed by atoms with E-state index in [1.807, 2.05) is 22.6 Å². The summed E-state index contributed by atoms with van der Waals surface area (Å²) < 4.78 is 27.5. The van der Waals surface area contributed by atoms with Gasteiger partial charge in [-0.3, -0.25) is 14.8 Å². The summed E-state index contributed by atoms with van der Waals surface area (Å²) in [6, 6.07) is 9.54. The van der Waals surface area contributed by atoms with E-state index < -0.39 is 26.4 Å². The van der Waals surface area contributed by atoms with Crippen LogP contribution in [0.5, 0.6) is 5.75 Å². The minimum Gasteiger partial charge on any atom is -0.502 e. The predicted molar refractivity (Wildman–Crippen MR) is 84.7 cm³/mol. The van der Waals surface area contributed by atoms with Crippen molar-refractivity contribution in [2.24, 2.45) is 0 Å². The Labute approximate surface area is 134 Å². The second kappa shape index (κ2) is 5.85. The quantitative estimate of drug-likeness (QED) is 0.449. The summed E-state index contributed by atoms with van der Waals surface area (Å²) in [6.07, 6.45) is 0. The minimum atomic E-state index is -3.97. The molecule has 0 atom stereocenters. The number of nitro groups is 1. The molecule has 0 amide bonds. The van der Waals surface area contributed by atoms with Gasteiger partial charge in [0.2, 0.25) is 0 Å². The van der Waals surface area contributed by atoms with Crippen LogP contribution in [0.4, 0.5) is 11.4 Å². The molecule has 0 heterocycles. The normalized spacial score (nSPS) is 11.1. The molecule has 0 radical (unpaired) electrons. The predicted octanol–water partition coefficient (Wildman–Crippen LogP) is 2.71. The van der Waals surface area contributed by atoms with Gasteiger partial charge in [-0.25, -0.2) is 8.42 Å². The average Bonchev–Trinajstić information content (AvgIpc) is 2.38. The average molecular weight is 420 g/mol. The maximum Gasteiger partial charge on any atom is 0.312 e. The Balaban J connectivity index is 2.40. The molecule has 0 saturated carbocycles. The second-order valence-corrected chi connectivity index (χ2v) is 6.95. The SMILES string of the molecule is O=[N+]([O-])c1cc(S(=O)(=O)Nc2cccc(I)c2)ccc1O. The van der Waals surface area contributed by atoms with E-state index in [4.69, 9.17) is 0 Å². The van der Waals surface area contributed by atoms with Crippen molar-refractivity contribution >= 4 is 44.0 Å². The van der Waals surface area contributed by atoms with Crippen LogP contribution in [-0.2, 0) is 10.0 Å². The molecule has 0 bridgehead atoms. The molecular formula is C12H9IN2O5S. The first-order valence-corrected chi connectivity index (χ1v) is 8.11. The highest BCUT2D eigenvalue weighted by atomic mass is 127. The minimum absolute atomic E-state index is 0.300. The second-order valence-electron chi connectivity index (χ2n) is 4.02. The number of halogens is 1. The van der Waals surface area contributed by atoms with Crippen LogP contribution < -0.4 is 4.72 Å². The molecule has 0 unspecified atom stereocenters. The van der Waals surface area contributed by atoms with Crippen molar-refractivity contribution in [3.05, 3.63) is 56.1 Å². The molecule has 7 nitrogen and oxygen atoms in total. The molecule has 2 N–H and O–H groups in total. The van der Waals surface area contributed by atoms with Crippen molar-refractivity contribution < 1.29 is 18.4 Å². The first-order valence-electron chi connectivity index (χ1n) is 5.55. The Hall–Kier alpha value is -1.88. The molecule has 9 heteroatoms. The van der Waals surface area contributed by atoms with Crippen LogP contribution in [-0.4, -0.2) is 18.4 Å². The fraction of sp³-hybridized carbons (Fsp3) is 0. The van der Waals surface area contributed by atoms with Gasteiger partial charge in [-0.1, -0.05) is 6.07 Å². The lowest BCUT2D eigenvalue weighted by Crippen LogP contribution is -2.13. The van der Waals surface area contributed by atoms with Crippen LogP contribution in [0.1, 0.15) is 0 Å². The molecule has 0 aromatic heterocycles. The van der Waals surface area contributed by atoms with Crippen LogP contribution in [0, 0.1) is 13.7 Å². The molecule has 0 spiro atoms. The zero-order valence-electron chi connectivity index (χ0n) is 10.4. The van der Waals surface area contributed by atoms with E-state index in [9.17, 15) is 23.6 Å². The Morgan fingerprint density at radius 1 is 1.19 bits per heavy atom. The number of anilines is 1. The number of hydrogen-bond donors (Lipinski definition) is 2. The lowest BCUT2D eigenvalue weighted by atomic mass is 10.3. The Bertz CT molecular complexity index is 807. The number of nitrogens with zero attached hydrogens (tertiary/aromatic N) is 1. The Morgan fingerprint density at radius 3 is 2.52 bits per heavy atom. The molecule has 2 rings (SSSR count). The number of sulfonamides is 1. The van der Waals surface area contributed by atoms with E-state index in [-0.39, 0.29) is 4.90 Å². The van der Waals surface area contributed by atoms with Crippen LogP contribution in [0.25, 0.3) is 0 Å². The summed E-state index contributed by atoms with van der Waals surface area (Å²) in [7, 11) is -3.97. The number of nitro benzene ring substituents is 1. The Kier molecular flexibility index (Phi) is 4.32. The van der Waals surface area contributed by atoms with Crippen molar-refractivity contribution in [2.45, 2.75) is 4.90 Å². The molecule has 2 aromatic rings. The van der Waals surface area contributed by atoms with E-state index >= 15 is 0 Å². The number of rotatable bonds is 4. The van der Waals surface area contributed by atoms with Gasteiger partial charge in [-0.15, -0.1) is 0 Å². The number of aromatic hydroxyl groups is 1. The molecule has 2 aromatic carbocycles. The number of phenols is 1. The molecule has 110 valence electrons. The maximum atomic E-state index is 12.2. The topological polar surface area (TPSA) is 110 Å². The molecule has 0 saturated heterocycles. The highest BCUT2D eigenvalue weighted by Crippen LogP contribution is 2.29. The third kappa shape index (κ3) is 3.61. The summed E-state index contributed by atoms with van der Waals surface area (Å²) in [5.74, 6) is -0.590.